The Balaban J connectivity index is 1.71. The molecule has 1 heterocycles. The molecule has 5 rings (SSSR count). The Bertz CT molecular complexity index is 1360. The molecule has 4 nitrogen and oxygen atoms in total. The van der Waals surface area contributed by atoms with Crippen LogP contribution in [0.25, 0.3) is 5.57 Å². The van der Waals surface area contributed by atoms with Gasteiger partial charge in [-0.2, -0.15) is 0 Å². The predicted octanol–water partition coefficient (Wildman–Crippen LogP) is 7.39. The molecule has 2 aliphatic rings. The molecule has 186 valence electrons. The maximum absolute atomic E-state index is 14.1. The fourth-order valence-electron chi connectivity index (χ4n) is 4.73. The number of aliphatic hydroxyl groups excluding tert-OH is 1. The average molecular weight is 679 g/mol. The first-order valence-corrected chi connectivity index (χ1v) is 14.0. The normalized spacial score (nSPS) is 19.9. The van der Waals surface area contributed by atoms with Crippen LogP contribution in [0.15, 0.2) is 71.7 Å². The molecule has 3 aromatic rings. The van der Waals surface area contributed by atoms with E-state index >= 15 is 0 Å². The first kappa shape index (κ1) is 25.9. The van der Waals surface area contributed by atoms with Crippen molar-refractivity contribution in [1.82, 2.24) is 4.90 Å². The maximum Gasteiger partial charge on any atom is 0.257 e. The van der Waals surface area contributed by atoms with E-state index < -0.39 is 5.72 Å². The Kier molecular flexibility index (Phi) is 7.11. The van der Waals surface area contributed by atoms with Gasteiger partial charge in [-0.05, 0) is 83.8 Å². The number of nitrogens with zero attached hydrogens (tertiary/aromatic N) is 1. The van der Waals surface area contributed by atoms with Gasteiger partial charge >= 0.3 is 0 Å². The molecule has 1 atom stereocenters. The fraction of sp³-hybridized carbons (Fsp3) is 0.276. The molecular weight excluding hydrogens is 653 g/mol. The van der Waals surface area contributed by atoms with Crippen LogP contribution in [0.3, 0.4) is 0 Å². The van der Waals surface area contributed by atoms with Crippen molar-refractivity contribution in [2.45, 2.75) is 32.0 Å². The van der Waals surface area contributed by atoms with Gasteiger partial charge in [-0.25, -0.2) is 0 Å². The van der Waals surface area contributed by atoms with Crippen LogP contribution in [-0.4, -0.2) is 29.1 Å². The van der Waals surface area contributed by atoms with Gasteiger partial charge in [0.05, 0.1) is 19.8 Å². The smallest absolute Gasteiger partial charge is 0.257 e. The van der Waals surface area contributed by atoms with Crippen molar-refractivity contribution in [3.63, 3.8) is 0 Å². The van der Waals surface area contributed by atoms with Crippen molar-refractivity contribution in [1.29, 1.82) is 0 Å². The van der Waals surface area contributed by atoms with Crippen molar-refractivity contribution < 1.29 is 14.6 Å². The minimum atomic E-state index is -1.17. The third-order valence-corrected chi connectivity index (χ3v) is 8.85. The molecule has 1 amide bonds. The number of allylic oxidation sites excluding steroid dienone is 1. The Morgan fingerprint density at radius 1 is 1.17 bits per heavy atom. The van der Waals surface area contributed by atoms with E-state index in [1.807, 2.05) is 72.5 Å². The third-order valence-electron chi connectivity index (χ3n) is 7.19. The van der Waals surface area contributed by atoms with E-state index in [1.165, 1.54) is 0 Å². The number of amides is 1. The zero-order valence-electron chi connectivity index (χ0n) is 19.9. The quantitative estimate of drug-likeness (QED) is 0.253. The summed E-state index contributed by atoms with van der Waals surface area (Å²) < 4.78 is 8.87. The van der Waals surface area contributed by atoms with Gasteiger partial charge in [0.15, 0.2) is 5.72 Å². The van der Waals surface area contributed by atoms with Gasteiger partial charge in [0.1, 0.15) is 0 Å². The van der Waals surface area contributed by atoms with Gasteiger partial charge in [0.2, 0.25) is 0 Å². The number of carbonyl (C=O) groups is 1. The molecule has 0 bridgehead atoms. The highest BCUT2D eigenvalue weighted by molar-refractivity contribution is 14.1. The molecule has 0 radical (unpaired) electrons. The van der Waals surface area contributed by atoms with Crippen molar-refractivity contribution in [3.05, 3.63) is 108 Å². The van der Waals surface area contributed by atoms with Gasteiger partial charge in [0, 0.05) is 35.2 Å². The number of ether oxygens (including phenoxy) is 1. The van der Waals surface area contributed by atoms with Crippen LogP contribution < -0.4 is 0 Å². The molecule has 1 unspecified atom stereocenters. The van der Waals surface area contributed by atoms with E-state index in [0.717, 1.165) is 48.7 Å². The van der Waals surface area contributed by atoms with Gasteiger partial charge in [-0.1, -0.05) is 70.0 Å². The maximum atomic E-state index is 14.1. The first-order valence-electron chi connectivity index (χ1n) is 11.8. The molecule has 3 aromatic carbocycles. The predicted molar refractivity (Wildman–Crippen MR) is 155 cm³/mol. The summed E-state index contributed by atoms with van der Waals surface area (Å²) in [4.78, 5) is 16.0. The lowest BCUT2D eigenvalue weighted by atomic mass is 9.91. The van der Waals surface area contributed by atoms with Crippen LogP contribution in [0, 0.1) is 8.99 Å². The second-order valence-corrected chi connectivity index (χ2v) is 12.3. The number of hydrogen-bond donors (Lipinski definition) is 1. The van der Waals surface area contributed by atoms with Crippen LogP contribution in [0.4, 0.5) is 0 Å². The zero-order chi connectivity index (χ0) is 25.7. The number of fused-ring (bicyclic) bond motifs is 1. The van der Waals surface area contributed by atoms with Crippen molar-refractivity contribution >= 4 is 61.6 Å². The number of benzene rings is 3. The number of carbonyl (C=O) groups excluding carboxylic acids is 1. The Morgan fingerprint density at radius 2 is 1.89 bits per heavy atom. The SMILES string of the molecule is C=C(C)c1ccc2c(c1)C(=O)N(Cc1ccc(I)cc1Br)C2(OCC1(CO)CC1)c1ccc(Cl)cc1. The molecule has 1 aliphatic heterocycles. The standard InChI is InChI=1S/C29H26BrClINO3/c1-18(2)19-4-10-25-24(13-19)27(35)33(15-20-3-9-23(32)14-26(20)30)29(25,21-5-7-22(31)8-6-21)36-17-28(16-34)11-12-28/h3-10,13-14,34H,1,11-12,15-17H2,2H3. The number of hydrogen-bond acceptors (Lipinski definition) is 3. The molecule has 1 aliphatic carbocycles. The average Bonchev–Trinajstić information content (AvgIpc) is 3.61. The second kappa shape index (κ2) is 9.87. The second-order valence-electron chi connectivity index (χ2n) is 9.77. The molecular formula is C29H26BrClINO3. The van der Waals surface area contributed by atoms with E-state index in [2.05, 4.69) is 45.1 Å². The molecule has 1 fully saturated rings. The van der Waals surface area contributed by atoms with Gasteiger partial charge < -0.3 is 9.84 Å². The summed E-state index contributed by atoms with van der Waals surface area (Å²) >= 11 is 12.2. The van der Waals surface area contributed by atoms with E-state index in [0.29, 0.717) is 23.7 Å². The highest BCUT2D eigenvalue weighted by atomic mass is 127. The summed E-state index contributed by atoms with van der Waals surface area (Å²) in [5.41, 5.74) is 3.55. The Morgan fingerprint density at radius 3 is 2.50 bits per heavy atom. The molecule has 0 aromatic heterocycles. The number of halogens is 3. The number of aliphatic hydroxyl groups is 1. The van der Waals surface area contributed by atoms with Crippen LogP contribution in [0.1, 0.15) is 52.4 Å². The van der Waals surface area contributed by atoms with Crippen molar-refractivity contribution in [2.75, 3.05) is 13.2 Å². The van der Waals surface area contributed by atoms with E-state index in [1.54, 1.807) is 0 Å². The Hall–Kier alpha value is -1.71. The molecule has 7 heteroatoms. The highest BCUT2D eigenvalue weighted by Crippen LogP contribution is 2.51. The van der Waals surface area contributed by atoms with Crippen LogP contribution >= 0.6 is 50.1 Å². The Labute approximate surface area is 238 Å². The lowest BCUT2D eigenvalue weighted by molar-refractivity contribution is -0.129. The van der Waals surface area contributed by atoms with Crippen LogP contribution in [-0.2, 0) is 17.0 Å². The van der Waals surface area contributed by atoms with Gasteiger partial charge in [0.25, 0.3) is 5.91 Å². The van der Waals surface area contributed by atoms with E-state index in [-0.39, 0.29) is 17.9 Å². The zero-order valence-corrected chi connectivity index (χ0v) is 24.4. The summed E-state index contributed by atoms with van der Waals surface area (Å²) in [6.45, 7) is 6.73. The van der Waals surface area contributed by atoms with Crippen LogP contribution in [0.2, 0.25) is 5.02 Å². The highest BCUT2D eigenvalue weighted by Gasteiger charge is 2.54. The largest absolute Gasteiger partial charge is 0.396 e. The summed E-state index contributed by atoms with van der Waals surface area (Å²) in [7, 11) is 0. The lowest BCUT2D eigenvalue weighted by Gasteiger charge is -2.40. The topological polar surface area (TPSA) is 49.8 Å². The monoisotopic (exact) mass is 677 g/mol. The first-order chi connectivity index (χ1) is 17.2. The van der Waals surface area contributed by atoms with Crippen LogP contribution in [0.5, 0.6) is 0 Å². The van der Waals surface area contributed by atoms with Crippen molar-refractivity contribution in [3.8, 4) is 0 Å². The van der Waals surface area contributed by atoms with E-state index in [9.17, 15) is 9.90 Å². The van der Waals surface area contributed by atoms with Gasteiger partial charge in [-0.15, -0.1) is 0 Å². The summed E-state index contributed by atoms with van der Waals surface area (Å²) in [6.07, 6.45) is 1.80. The van der Waals surface area contributed by atoms with E-state index in [4.69, 9.17) is 16.3 Å². The molecule has 0 spiro atoms. The molecule has 36 heavy (non-hydrogen) atoms. The summed E-state index contributed by atoms with van der Waals surface area (Å²) in [5, 5.41) is 10.6. The minimum absolute atomic E-state index is 0.0573. The minimum Gasteiger partial charge on any atom is -0.396 e. The summed E-state index contributed by atoms with van der Waals surface area (Å²) in [6, 6.07) is 19.5. The third kappa shape index (κ3) is 4.56. The molecule has 1 saturated carbocycles. The number of rotatable bonds is 8. The molecule has 0 saturated heterocycles. The molecule has 1 N–H and O–H groups in total. The lowest BCUT2D eigenvalue weighted by Crippen LogP contribution is -2.47. The summed E-state index contributed by atoms with van der Waals surface area (Å²) in [5.74, 6) is -0.109. The van der Waals surface area contributed by atoms with Gasteiger partial charge in [-0.3, -0.25) is 9.69 Å². The fourth-order valence-corrected chi connectivity index (χ4v) is 6.28. The van der Waals surface area contributed by atoms with Crippen molar-refractivity contribution in [2.24, 2.45) is 5.41 Å².